The molecule has 0 saturated carbocycles. The molecule has 0 saturated heterocycles. The van der Waals surface area contributed by atoms with Crippen LogP contribution in [0.3, 0.4) is 0 Å². The van der Waals surface area contributed by atoms with Gasteiger partial charge in [0.1, 0.15) is 0 Å². The van der Waals surface area contributed by atoms with Crippen molar-refractivity contribution in [1.82, 2.24) is 0 Å². The fourth-order valence-electron chi connectivity index (χ4n) is 0. The first-order valence-corrected chi connectivity index (χ1v) is 3.06. The number of carboxylic acid groups (broad SMARTS) is 2. The first-order chi connectivity index (χ1) is 5.29. The summed E-state index contributed by atoms with van der Waals surface area (Å²) in [7, 11) is 0. The number of carboxylic acids is 2. The van der Waals surface area contributed by atoms with Crippen molar-refractivity contribution in [2.24, 2.45) is 0 Å². The minimum atomic E-state index is -1.44. The molecule has 0 amide bonds. The molecule has 0 aliphatic heterocycles. The zero-order valence-electron chi connectivity index (χ0n) is 10.1. The van der Waals surface area contributed by atoms with Crippen LogP contribution in [0, 0.1) is 0 Å². The van der Waals surface area contributed by atoms with Crippen molar-refractivity contribution in [2.75, 3.05) is 0 Å². The molecule has 2 unspecified atom stereocenters. The van der Waals surface area contributed by atoms with Crippen molar-refractivity contribution in [3.63, 3.8) is 0 Å². The van der Waals surface area contributed by atoms with Gasteiger partial charge in [0.05, 0.1) is 24.1 Å². The molecular formula is C6H12Ca2O6. The van der Waals surface area contributed by atoms with E-state index < -0.39 is 24.1 Å². The van der Waals surface area contributed by atoms with Gasteiger partial charge in [-0.25, -0.2) is 0 Å². The summed E-state index contributed by atoms with van der Waals surface area (Å²) in [4.78, 5) is 18.7. The maximum absolute atomic E-state index is 9.34. The minimum absolute atomic E-state index is 0. The maximum Gasteiger partial charge on any atom is 2.00 e. The van der Waals surface area contributed by atoms with Crippen LogP contribution in [0.2, 0.25) is 0 Å². The molecule has 14 heavy (non-hydrogen) atoms. The second-order valence-corrected chi connectivity index (χ2v) is 1.99. The molecule has 0 spiro atoms. The zero-order valence-corrected chi connectivity index (χ0v) is 12.5. The summed E-state index contributed by atoms with van der Waals surface area (Å²) in [6.07, 6.45) is -2.69. The van der Waals surface area contributed by atoms with Gasteiger partial charge in [0.15, 0.2) is 0 Å². The van der Waals surface area contributed by atoms with Gasteiger partial charge in [-0.15, -0.1) is 0 Å². The van der Waals surface area contributed by atoms with E-state index in [1.54, 1.807) is 0 Å². The summed E-state index contributed by atoms with van der Waals surface area (Å²) in [6, 6.07) is 0. The molecule has 0 bridgehead atoms. The Morgan fingerprint density at radius 2 is 1.07 bits per heavy atom. The van der Waals surface area contributed by atoms with Gasteiger partial charge in [-0.1, -0.05) is 0 Å². The number of rotatable bonds is 2. The summed E-state index contributed by atoms with van der Waals surface area (Å²) in [5.74, 6) is -2.87. The number of aliphatic hydroxyl groups is 2. The Hall–Kier alpha value is 1.38. The summed E-state index contributed by atoms with van der Waals surface area (Å²) in [5.41, 5.74) is 0. The Kier molecular flexibility index (Phi) is 25.2. The molecule has 0 aromatic heterocycles. The maximum atomic E-state index is 9.34. The smallest absolute Gasteiger partial charge is 1.00 e. The van der Waals surface area contributed by atoms with Crippen molar-refractivity contribution in [3.05, 3.63) is 0 Å². The monoisotopic (exact) mass is 260 g/mol. The summed E-state index contributed by atoms with van der Waals surface area (Å²) in [5, 5.41) is 34.6. The fraction of sp³-hybridized carbons (Fsp3) is 0.667. The normalized spacial score (nSPS) is 11.7. The molecule has 0 rings (SSSR count). The zero-order chi connectivity index (χ0) is 10.3. The van der Waals surface area contributed by atoms with Gasteiger partial charge >= 0.3 is 75.5 Å². The van der Waals surface area contributed by atoms with E-state index in [2.05, 4.69) is 0 Å². The molecular weight excluding hydrogens is 248 g/mol. The van der Waals surface area contributed by atoms with E-state index in [0.29, 0.717) is 0 Å². The van der Waals surface area contributed by atoms with Crippen LogP contribution in [0.15, 0.2) is 0 Å². The van der Waals surface area contributed by atoms with Crippen LogP contribution < -0.4 is 10.2 Å². The number of carbonyl (C=O) groups excluding carboxylic acids is 2. The topological polar surface area (TPSA) is 121 Å². The largest absolute Gasteiger partial charge is 2.00 e. The molecule has 0 radical (unpaired) electrons. The summed E-state index contributed by atoms with van der Waals surface area (Å²) in [6.45, 7) is 2.27. The second kappa shape index (κ2) is 14.4. The molecule has 0 aliphatic carbocycles. The molecule has 2 N–H and O–H groups in total. The second-order valence-electron chi connectivity index (χ2n) is 1.99. The first kappa shape index (κ1) is 24.6. The molecule has 0 heterocycles. The molecule has 8 heteroatoms. The SMILES string of the molecule is CC(O)C(=O)[O-].CC(O)C(=O)[O-].[Ca+2].[Ca+2].[H-].[H-]. The van der Waals surface area contributed by atoms with Crippen LogP contribution in [0.25, 0.3) is 0 Å². The predicted octanol–water partition coefficient (Wildman–Crippen LogP) is -4.30. The predicted molar refractivity (Wildman–Crippen MR) is 47.1 cm³/mol. The van der Waals surface area contributed by atoms with E-state index in [1.807, 2.05) is 0 Å². The van der Waals surface area contributed by atoms with Crippen molar-refractivity contribution in [3.8, 4) is 0 Å². The van der Waals surface area contributed by atoms with E-state index in [-0.39, 0.29) is 78.3 Å². The van der Waals surface area contributed by atoms with Crippen molar-refractivity contribution in [1.29, 1.82) is 0 Å². The van der Waals surface area contributed by atoms with Crippen LogP contribution >= 0.6 is 0 Å². The van der Waals surface area contributed by atoms with Crippen LogP contribution in [0.5, 0.6) is 0 Å². The first-order valence-electron chi connectivity index (χ1n) is 3.06. The van der Waals surface area contributed by atoms with E-state index in [4.69, 9.17) is 10.2 Å². The van der Waals surface area contributed by atoms with Crippen LogP contribution in [0.4, 0.5) is 0 Å². The summed E-state index contributed by atoms with van der Waals surface area (Å²) >= 11 is 0. The van der Waals surface area contributed by atoms with Gasteiger partial charge in [0.2, 0.25) is 0 Å². The molecule has 6 nitrogen and oxygen atoms in total. The molecule has 2 atom stereocenters. The Balaban J connectivity index is -0.0000000250. The van der Waals surface area contributed by atoms with Gasteiger partial charge in [-0.3, -0.25) is 0 Å². The Morgan fingerprint density at radius 3 is 1.07 bits per heavy atom. The Morgan fingerprint density at radius 1 is 1.00 bits per heavy atom. The third-order valence-electron chi connectivity index (χ3n) is 0.682. The van der Waals surface area contributed by atoms with Crippen LogP contribution in [-0.4, -0.2) is 110 Å². The number of carbonyl (C=O) groups is 2. The molecule has 0 fully saturated rings. The van der Waals surface area contributed by atoms with Gasteiger partial charge < -0.3 is 32.9 Å². The number of aliphatic hydroxyl groups excluding tert-OH is 2. The van der Waals surface area contributed by atoms with E-state index in [0.717, 1.165) is 13.8 Å². The Labute approximate surface area is 144 Å². The third-order valence-corrected chi connectivity index (χ3v) is 0.682. The quantitative estimate of drug-likeness (QED) is 0.485. The minimum Gasteiger partial charge on any atom is -1.00 e. The third kappa shape index (κ3) is 23.3. The number of hydrogen-bond acceptors (Lipinski definition) is 6. The van der Waals surface area contributed by atoms with Gasteiger partial charge in [0.25, 0.3) is 0 Å². The van der Waals surface area contributed by atoms with Crippen molar-refractivity contribution >= 4 is 87.4 Å². The summed E-state index contributed by atoms with van der Waals surface area (Å²) < 4.78 is 0. The van der Waals surface area contributed by atoms with E-state index in [1.165, 1.54) is 0 Å². The molecule has 76 valence electrons. The van der Waals surface area contributed by atoms with Crippen molar-refractivity contribution in [2.45, 2.75) is 26.1 Å². The molecule has 0 aromatic rings. The molecule has 0 aromatic carbocycles. The average molecular weight is 260 g/mol. The standard InChI is InChI=1S/2C3H6O3.2Ca.2H/c2*1-2(4)3(5)6;;;;/h2*2,4H,1H3,(H,5,6);;;;/q;;2*+2;2*-1/p-2. The van der Waals surface area contributed by atoms with E-state index in [9.17, 15) is 19.8 Å². The van der Waals surface area contributed by atoms with Gasteiger partial charge in [-0.2, -0.15) is 0 Å². The Bertz CT molecular complexity index is 149. The molecule has 0 aliphatic rings. The fourth-order valence-corrected chi connectivity index (χ4v) is 0. The van der Waals surface area contributed by atoms with Crippen LogP contribution in [0.1, 0.15) is 16.7 Å². The van der Waals surface area contributed by atoms with E-state index >= 15 is 0 Å². The average Bonchev–Trinajstić information content (AvgIpc) is 1.88. The number of hydrogen-bond donors (Lipinski definition) is 2. The number of aliphatic carboxylic acids is 2. The van der Waals surface area contributed by atoms with Gasteiger partial charge in [0, 0.05) is 0 Å². The van der Waals surface area contributed by atoms with Gasteiger partial charge in [-0.05, 0) is 13.8 Å². The van der Waals surface area contributed by atoms with Crippen LogP contribution in [-0.2, 0) is 9.59 Å². The van der Waals surface area contributed by atoms with Crippen molar-refractivity contribution < 1.29 is 32.9 Å².